The van der Waals surface area contributed by atoms with Gasteiger partial charge in [0.25, 0.3) is 0 Å². The number of likely N-dealkylation sites (tertiary alicyclic amines) is 1. The smallest absolute Gasteiger partial charge is 0.313 e. The summed E-state index contributed by atoms with van der Waals surface area (Å²) in [4.78, 5) is 26.3. The second-order valence-electron chi connectivity index (χ2n) is 4.59. The zero-order valence-electron chi connectivity index (χ0n) is 11.1. The first kappa shape index (κ1) is 15.3. The lowest BCUT2D eigenvalue weighted by atomic mass is 10.2. The van der Waals surface area contributed by atoms with Crippen LogP contribution in [0.25, 0.3) is 0 Å². The van der Waals surface area contributed by atoms with Crippen molar-refractivity contribution in [1.29, 1.82) is 0 Å². The molecule has 1 amide bonds. The van der Waals surface area contributed by atoms with E-state index < -0.39 is 5.97 Å². The maximum atomic E-state index is 11.8. The number of thioether (sulfide) groups is 1. The van der Waals surface area contributed by atoms with Gasteiger partial charge in [-0.05, 0) is 25.9 Å². The summed E-state index contributed by atoms with van der Waals surface area (Å²) >= 11 is 1.16. The summed E-state index contributed by atoms with van der Waals surface area (Å²) in [7, 11) is 1.80. The molecular weight excluding hydrogens is 252 g/mol. The molecule has 1 unspecified atom stereocenters. The van der Waals surface area contributed by atoms with Crippen molar-refractivity contribution in [2.24, 2.45) is 0 Å². The summed E-state index contributed by atoms with van der Waals surface area (Å²) in [6.45, 7) is 5.04. The second-order valence-corrected chi connectivity index (χ2v) is 5.57. The van der Waals surface area contributed by atoms with Gasteiger partial charge in [-0.15, -0.1) is 11.8 Å². The summed E-state index contributed by atoms with van der Waals surface area (Å²) < 4.78 is 0. The van der Waals surface area contributed by atoms with Crippen LogP contribution in [0.1, 0.15) is 19.8 Å². The fourth-order valence-corrected chi connectivity index (χ4v) is 2.94. The minimum absolute atomic E-state index is 0.00983. The lowest BCUT2D eigenvalue weighted by Gasteiger charge is -2.27. The summed E-state index contributed by atoms with van der Waals surface area (Å²) in [6, 6.07) is 0.466. The van der Waals surface area contributed by atoms with Gasteiger partial charge in [0.15, 0.2) is 0 Å². The van der Waals surface area contributed by atoms with E-state index in [-0.39, 0.29) is 17.4 Å². The molecule has 0 aliphatic carbocycles. The van der Waals surface area contributed by atoms with Crippen molar-refractivity contribution < 1.29 is 14.7 Å². The molecule has 1 N–H and O–H groups in total. The van der Waals surface area contributed by atoms with Crippen molar-refractivity contribution in [3.8, 4) is 0 Å². The number of hydrogen-bond donors (Lipinski definition) is 1. The van der Waals surface area contributed by atoms with Crippen LogP contribution in [0.15, 0.2) is 0 Å². The zero-order valence-corrected chi connectivity index (χ0v) is 11.9. The standard InChI is InChI=1S/C12H22N2O3S/c1-3-14-6-4-5-10(14)7-13(2)11(15)8-18-9-12(16)17/h10H,3-9H2,1-2H3,(H,16,17). The number of hydrogen-bond acceptors (Lipinski definition) is 4. The number of carboxylic acid groups (broad SMARTS) is 1. The monoisotopic (exact) mass is 274 g/mol. The number of carbonyl (C=O) groups excluding carboxylic acids is 1. The van der Waals surface area contributed by atoms with E-state index >= 15 is 0 Å². The Morgan fingerprint density at radius 1 is 1.44 bits per heavy atom. The highest BCUT2D eigenvalue weighted by molar-refractivity contribution is 8.00. The molecule has 1 fully saturated rings. The molecule has 1 aliphatic rings. The molecule has 6 heteroatoms. The first-order valence-corrected chi connectivity index (χ1v) is 7.47. The van der Waals surface area contributed by atoms with E-state index in [1.54, 1.807) is 11.9 Å². The lowest BCUT2D eigenvalue weighted by Crippen LogP contribution is -2.41. The van der Waals surface area contributed by atoms with Crippen LogP contribution in [0.5, 0.6) is 0 Å². The van der Waals surface area contributed by atoms with Gasteiger partial charge in [0.05, 0.1) is 11.5 Å². The summed E-state index contributed by atoms with van der Waals surface area (Å²) in [5.41, 5.74) is 0. The highest BCUT2D eigenvalue weighted by Crippen LogP contribution is 2.17. The maximum Gasteiger partial charge on any atom is 0.313 e. The highest BCUT2D eigenvalue weighted by Gasteiger charge is 2.25. The quantitative estimate of drug-likeness (QED) is 0.742. The fourth-order valence-electron chi connectivity index (χ4n) is 2.27. The molecule has 5 nitrogen and oxygen atoms in total. The van der Waals surface area contributed by atoms with E-state index in [0.717, 1.165) is 37.8 Å². The van der Waals surface area contributed by atoms with Crippen molar-refractivity contribution >= 4 is 23.6 Å². The molecule has 0 bridgehead atoms. The van der Waals surface area contributed by atoms with Crippen molar-refractivity contribution in [1.82, 2.24) is 9.80 Å². The molecule has 0 aromatic heterocycles. The van der Waals surface area contributed by atoms with Gasteiger partial charge in [0, 0.05) is 19.6 Å². The SMILES string of the molecule is CCN1CCCC1CN(C)C(=O)CSCC(=O)O. The number of carboxylic acids is 1. The van der Waals surface area contributed by atoms with Gasteiger partial charge >= 0.3 is 5.97 Å². The van der Waals surface area contributed by atoms with Crippen LogP contribution in [0.2, 0.25) is 0 Å². The van der Waals surface area contributed by atoms with Crippen LogP contribution < -0.4 is 0 Å². The van der Waals surface area contributed by atoms with Gasteiger partial charge in [0.2, 0.25) is 5.91 Å². The lowest BCUT2D eigenvalue weighted by molar-refractivity contribution is -0.133. The van der Waals surface area contributed by atoms with E-state index in [1.165, 1.54) is 6.42 Å². The fraction of sp³-hybridized carbons (Fsp3) is 0.833. The van der Waals surface area contributed by atoms with E-state index in [0.29, 0.717) is 6.04 Å². The van der Waals surface area contributed by atoms with Crippen LogP contribution in [-0.2, 0) is 9.59 Å². The predicted molar refractivity (Wildman–Crippen MR) is 72.9 cm³/mol. The Balaban J connectivity index is 2.28. The molecule has 0 saturated carbocycles. The Kier molecular flexibility index (Phi) is 6.49. The average Bonchev–Trinajstić information content (AvgIpc) is 2.75. The number of aliphatic carboxylic acids is 1. The van der Waals surface area contributed by atoms with Gasteiger partial charge in [-0.25, -0.2) is 0 Å². The first-order chi connectivity index (χ1) is 8.54. The second kappa shape index (κ2) is 7.63. The normalized spacial score (nSPS) is 20.0. The molecule has 1 aliphatic heterocycles. The molecule has 1 heterocycles. The van der Waals surface area contributed by atoms with Gasteiger partial charge < -0.3 is 10.0 Å². The molecule has 104 valence electrons. The molecule has 1 saturated heterocycles. The van der Waals surface area contributed by atoms with Crippen LogP contribution in [0, 0.1) is 0 Å². The topological polar surface area (TPSA) is 60.9 Å². The van der Waals surface area contributed by atoms with E-state index in [2.05, 4.69) is 11.8 Å². The Labute approximate surface area is 113 Å². The Morgan fingerprint density at radius 3 is 2.78 bits per heavy atom. The minimum Gasteiger partial charge on any atom is -0.481 e. The predicted octanol–water partition coefficient (Wildman–Crippen LogP) is 0.747. The summed E-state index contributed by atoms with van der Waals surface area (Å²) in [5, 5.41) is 8.51. The Hall–Kier alpha value is -0.750. The van der Waals surface area contributed by atoms with E-state index in [1.807, 2.05) is 0 Å². The number of rotatable bonds is 7. The average molecular weight is 274 g/mol. The molecule has 1 rings (SSSR count). The van der Waals surface area contributed by atoms with Crippen LogP contribution >= 0.6 is 11.8 Å². The maximum absolute atomic E-state index is 11.8. The van der Waals surface area contributed by atoms with Gasteiger partial charge in [-0.2, -0.15) is 0 Å². The number of likely N-dealkylation sites (N-methyl/N-ethyl adjacent to an activating group) is 2. The van der Waals surface area contributed by atoms with Gasteiger partial charge in [0.1, 0.15) is 0 Å². The van der Waals surface area contributed by atoms with Crippen LogP contribution in [0.4, 0.5) is 0 Å². The van der Waals surface area contributed by atoms with Crippen LogP contribution in [0.3, 0.4) is 0 Å². The van der Waals surface area contributed by atoms with Crippen molar-refractivity contribution in [3.05, 3.63) is 0 Å². The van der Waals surface area contributed by atoms with Crippen molar-refractivity contribution in [2.45, 2.75) is 25.8 Å². The number of amides is 1. The van der Waals surface area contributed by atoms with Crippen molar-refractivity contribution in [3.63, 3.8) is 0 Å². The van der Waals surface area contributed by atoms with E-state index in [4.69, 9.17) is 5.11 Å². The number of carbonyl (C=O) groups is 2. The minimum atomic E-state index is -0.872. The number of nitrogens with zero attached hydrogens (tertiary/aromatic N) is 2. The zero-order chi connectivity index (χ0) is 13.5. The molecule has 18 heavy (non-hydrogen) atoms. The molecule has 0 spiro atoms. The molecule has 0 aromatic carbocycles. The highest BCUT2D eigenvalue weighted by atomic mass is 32.2. The third-order valence-corrected chi connectivity index (χ3v) is 4.17. The Morgan fingerprint density at radius 2 is 2.17 bits per heavy atom. The largest absolute Gasteiger partial charge is 0.481 e. The molecule has 1 atom stereocenters. The van der Waals surface area contributed by atoms with E-state index in [9.17, 15) is 9.59 Å². The summed E-state index contributed by atoms with van der Waals surface area (Å²) in [5.74, 6) is -0.612. The van der Waals surface area contributed by atoms with Crippen molar-refractivity contribution in [2.75, 3.05) is 38.2 Å². The third kappa shape index (κ3) is 4.86. The van der Waals surface area contributed by atoms with Crippen LogP contribution in [-0.4, -0.2) is 71.0 Å². The molecular formula is C12H22N2O3S. The Bertz CT molecular complexity index is 299. The third-order valence-electron chi connectivity index (χ3n) is 3.27. The molecule has 0 radical (unpaired) electrons. The van der Waals surface area contributed by atoms with Gasteiger partial charge in [-0.3, -0.25) is 14.5 Å². The first-order valence-electron chi connectivity index (χ1n) is 6.32. The molecule has 0 aromatic rings. The summed E-state index contributed by atoms with van der Waals surface area (Å²) in [6.07, 6.45) is 2.35. The van der Waals surface area contributed by atoms with Gasteiger partial charge in [-0.1, -0.05) is 6.92 Å².